The number of carbonyl (C=O) groups excluding carboxylic acids is 1. The number of nitrogens with one attached hydrogen (secondary N) is 1. The summed E-state index contributed by atoms with van der Waals surface area (Å²) in [6, 6.07) is 1.68. The molecule has 0 aliphatic carbocycles. The molecule has 0 saturated carbocycles. The van der Waals surface area contributed by atoms with Crippen LogP contribution in [0.1, 0.15) is 21.9 Å². The number of alkyl halides is 1. The summed E-state index contributed by atoms with van der Waals surface area (Å²) in [5.74, 6) is 1.10. The highest BCUT2D eigenvalue weighted by Gasteiger charge is 2.13. The number of hydrogen-bond acceptors (Lipinski definition) is 3. The molecule has 0 fully saturated rings. The van der Waals surface area contributed by atoms with E-state index >= 15 is 0 Å². The number of halogens is 1. The van der Waals surface area contributed by atoms with E-state index in [-0.39, 0.29) is 5.91 Å². The molecule has 0 saturated heterocycles. The minimum absolute atomic E-state index is 0.227. The molecule has 2 aromatic rings. The van der Waals surface area contributed by atoms with Crippen LogP contribution in [0, 0.1) is 6.92 Å². The lowest BCUT2D eigenvalue weighted by molar-refractivity contribution is 0.0923. The number of carbonyl (C=O) groups is 1. The summed E-state index contributed by atoms with van der Waals surface area (Å²) in [4.78, 5) is 15.7. The topological polar surface area (TPSA) is 60.1 Å². The minimum Gasteiger partial charge on any atom is -0.456 e. The Balaban J connectivity index is 1.87. The van der Waals surface area contributed by atoms with Gasteiger partial charge in [0.05, 0.1) is 12.2 Å². The molecule has 0 unspecified atom stereocenters. The summed E-state index contributed by atoms with van der Waals surface area (Å²) in [6.45, 7) is 2.99. The Kier molecular flexibility index (Phi) is 4.04. The molecule has 0 aliphatic rings. The van der Waals surface area contributed by atoms with E-state index in [0.717, 1.165) is 5.56 Å². The van der Waals surface area contributed by atoms with Crippen molar-refractivity contribution in [2.24, 2.45) is 0 Å². The Bertz CT molecular complexity index is 519. The van der Waals surface area contributed by atoms with Gasteiger partial charge in [-0.2, -0.15) is 0 Å². The van der Waals surface area contributed by atoms with Crippen LogP contribution in [0.15, 0.2) is 29.2 Å². The average Bonchev–Trinajstić information content (AvgIpc) is 2.98. The maximum absolute atomic E-state index is 11.8. The van der Waals surface area contributed by atoms with E-state index in [0.29, 0.717) is 30.5 Å². The van der Waals surface area contributed by atoms with Gasteiger partial charge in [0.2, 0.25) is 0 Å². The van der Waals surface area contributed by atoms with Gasteiger partial charge < -0.3 is 14.3 Å². The van der Waals surface area contributed by atoms with Crippen molar-refractivity contribution >= 4 is 17.5 Å². The van der Waals surface area contributed by atoms with Gasteiger partial charge in [-0.25, -0.2) is 4.98 Å². The molecule has 2 heterocycles. The molecule has 0 bridgehead atoms. The van der Waals surface area contributed by atoms with Crippen molar-refractivity contribution in [2.45, 2.75) is 19.3 Å². The number of amides is 1. The van der Waals surface area contributed by atoms with Crippen LogP contribution in [-0.2, 0) is 12.4 Å². The van der Waals surface area contributed by atoms with Crippen LogP contribution >= 0.6 is 11.6 Å². The zero-order valence-corrected chi connectivity index (χ0v) is 10.8. The lowest BCUT2D eigenvalue weighted by Crippen LogP contribution is -2.26. The number of furan rings is 1. The maximum Gasteiger partial charge on any atom is 0.287 e. The van der Waals surface area contributed by atoms with Gasteiger partial charge in [-0.05, 0) is 13.0 Å². The van der Waals surface area contributed by atoms with Crippen LogP contribution < -0.4 is 5.32 Å². The summed E-state index contributed by atoms with van der Waals surface area (Å²) >= 11 is 5.72. The molecule has 18 heavy (non-hydrogen) atoms. The first-order chi connectivity index (χ1) is 8.70. The fraction of sp³-hybridized carbons (Fsp3) is 0.333. The summed E-state index contributed by atoms with van der Waals surface area (Å²) in [5.41, 5.74) is 0.844. The van der Waals surface area contributed by atoms with E-state index in [4.69, 9.17) is 16.0 Å². The Morgan fingerprint density at radius 1 is 1.61 bits per heavy atom. The van der Waals surface area contributed by atoms with E-state index in [2.05, 4.69) is 10.3 Å². The molecule has 6 heteroatoms. The number of nitrogens with zero attached hydrogens (tertiary/aromatic N) is 2. The van der Waals surface area contributed by atoms with Gasteiger partial charge in [-0.3, -0.25) is 4.79 Å². The number of aromatic nitrogens is 2. The van der Waals surface area contributed by atoms with Gasteiger partial charge >= 0.3 is 0 Å². The first-order valence-electron chi connectivity index (χ1n) is 5.60. The molecular weight excluding hydrogens is 254 g/mol. The molecule has 0 spiro atoms. The molecule has 1 amide bonds. The highest BCUT2D eigenvalue weighted by atomic mass is 35.5. The zero-order valence-electron chi connectivity index (χ0n) is 10.0. The molecule has 1 N–H and O–H groups in total. The Morgan fingerprint density at radius 3 is 3.06 bits per heavy atom. The van der Waals surface area contributed by atoms with Gasteiger partial charge in [-0.15, -0.1) is 11.6 Å². The highest BCUT2D eigenvalue weighted by Crippen LogP contribution is 2.16. The Morgan fingerprint density at radius 2 is 2.44 bits per heavy atom. The second kappa shape index (κ2) is 5.73. The molecule has 5 nitrogen and oxygen atoms in total. The van der Waals surface area contributed by atoms with Crippen LogP contribution in [0.5, 0.6) is 0 Å². The summed E-state index contributed by atoms with van der Waals surface area (Å²) in [6.07, 6.45) is 5.24. The quantitative estimate of drug-likeness (QED) is 0.843. The predicted molar refractivity (Wildman–Crippen MR) is 67.6 cm³/mol. The second-order valence-electron chi connectivity index (χ2n) is 3.88. The van der Waals surface area contributed by atoms with E-state index < -0.39 is 0 Å². The molecular formula is C12H14ClN3O2. The van der Waals surface area contributed by atoms with E-state index in [1.165, 1.54) is 0 Å². The third-order valence-corrected chi connectivity index (χ3v) is 2.89. The second-order valence-corrected chi connectivity index (χ2v) is 4.15. The Labute approximate surface area is 110 Å². The first kappa shape index (κ1) is 12.7. The van der Waals surface area contributed by atoms with E-state index in [9.17, 15) is 4.79 Å². The summed E-state index contributed by atoms with van der Waals surface area (Å²) in [5, 5.41) is 2.78. The third kappa shape index (κ3) is 2.92. The van der Waals surface area contributed by atoms with Crippen molar-refractivity contribution in [1.29, 1.82) is 0 Å². The average molecular weight is 268 g/mol. The number of imidazole rings is 1. The van der Waals surface area contributed by atoms with Gasteiger partial charge in [-0.1, -0.05) is 0 Å². The molecule has 0 atom stereocenters. The maximum atomic E-state index is 11.8. The summed E-state index contributed by atoms with van der Waals surface area (Å²) in [7, 11) is 0. The van der Waals surface area contributed by atoms with Gasteiger partial charge in [0.15, 0.2) is 5.76 Å². The number of rotatable bonds is 5. The molecule has 2 rings (SSSR count). The fourth-order valence-electron chi connectivity index (χ4n) is 1.57. The SMILES string of the molecule is Cc1oc(C(=O)NCCn2ccnc2)cc1CCl. The van der Waals surface area contributed by atoms with Crippen LogP contribution in [0.2, 0.25) is 0 Å². The minimum atomic E-state index is -0.227. The fourth-order valence-corrected chi connectivity index (χ4v) is 1.83. The smallest absolute Gasteiger partial charge is 0.287 e. The van der Waals surface area contributed by atoms with Gasteiger partial charge in [0.1, 0.15) is 5.76 Å². The van der Waals surface area contributed by atoms with Crippen LogP contribution in [0.4, 0.5) is 0 Å². The number of hydrogen-bond donors (Lipinski definition) is 1. The van der Waals surface area contributed by atoms with Crippen molar-refractivity contribution in [3.05, 3.63) is 41.9 Å². The third-order valence-electron chi connectivity index (χ3n) is 2.60. The van der Waals surface area contributed by atoms with Crippen molar-refractivity contribution in [2.75, 3.05) is 6.54 Å². The normalized spacial score (nSPS) is 10.6. The molecule has 0 radical (unpaired) electrons. The van der Waals surface area contributed by atoms with Crippen LogP contribution in [0.3, 0.4) is 0 Å². The van der Waals surface area contributed by atoms with E-state index in [1.807, 2.05) is 10.8 Å². The van der Waals surface area contributed by atoms with Crippen molar-refractivity contribution in [3.8, 4) is 0 Å². The summed E-state index contributed by atoms with van der Waals surface area (Å²) < 4.78 is 7.23. The lowest BCUT2D eigenvalue weighted by Gasteiger charge is -2.03. The zero-order chi connectivity index (χ0) is 13.0. The highest BCUT2D eigenvalue weighted by molar-refractivity contribution is 6.17. The van der Waals surface area contributed by atoms with Crippen molar-refractivity contribution in [1.82, 2.24) is 14.9 Å². The molecule has 2 aromatic heterocycles. The monoisotopic (exact) mass is 267 g/mol. The predicted octanol–water partition coefficient (Wildman–Crippen LogP) is 1.95. The van der Waals surface area contributed by atoms with Gasteiger partial charge in [0.25, 0.3) is 5.91 Å². The van der Waals surface area contributed by atoms with Crippen LogP contribution in [0.25, 0.3) is 0 Å². The largest absolute Gasteiger partial charge is 0.456 e. The molecule has 0 aliphatic heterocycles. The van der Waals surface area contributed by atoms with E-state index in [1.54, 1.807) is 25.5 Å². The lowest BCUT2D eigenvalue weighted by atomic mass is 10.3. The number of aryl methyl sites for hydroxylation is 1. The standard InChI is InChI=1S/C12H14ClN3O2/c1-9-10(7-13)6-11(18-9)12(17)15-3-5-16-4-2-14-8-16/h2,4,6,8H,3,5,7H2,1H3,(H,15,17). The van der Waals surface area contributed by atoms with Crippen molar-refractivity contribution in [3.63, 3.8) is 0 Å². The van der Waals surface area contributed by atoms with Crippen molar-refractivity contribution < 1.29 is 9.21 Å². The van der Waals surface area contributed by atoms with Crippen LogP contribution in [-0.4, -0.2) is 22.0 Å². The molecule has 0 aromatic carbocycles. The molecule has 96 valence electrons. The Hall–Kier alpha value is -1.75. The van der Waals surface area contributed by atoms with Gasteiger partial charge in [0, 0.05) is 31.0 Å². The first-order valence-corrected chi connectivity index (χ1v) is 6.13.